The molecule has 2 aliphatic heterocycles. The lowest BCUT2D eigenvalue weighted by Crippen LogP contribution is -2.62. The van der Waals surface area contributed by atoms with Gasteiger partial charge in [-0.2, -0.15) is 0 Å². The number of nitrogens with zero attached hydrogens (tertiary/aromatic N) is 2. The van der Waals surface area contributed by atoms with Gasteiger partial charge in [-0.1, -0.05) is 30.3 Å². The number of carbonyl (C=O) groups excluding carboxylic acids is 1. The predicted octanol–water partition coefficient (Wildman–Crippen LogP) is 1.12. The van der Waals surface area contributed by atoms with E-state index < -0.39 is 5.41 Å². The molecule has 2 fully saturated rings. The number of likely N-dealkylation sites (tertiary alicyclic amines) is 2. The zero-order valence-electron chi connectivity index (χ0n) is 12.2. The molecule has 0 aliphatic carbocycles. The SMILES string of the molecule is CN1CC[C@@H](OC(=O)C2(c3ccccc3)CN(C)C2)C1. The van der Waals surface area contributed by atoms with Gasteiger partial charge in [0, 0.05) is 26.2 Å². The van der Waals surface area contributed by atoms with Crippen molar-refractivity contribution in [2.75, 3.05) is 40.3 Å². The van der Waals surface area contributed by atoms with Crippen molar-refractivity contribution in [1.82, 2.24) is 9.80 Å². The molecule has 2 aliphatic rings. The number of carbonyl (C=O) groups is 1. The highest BCUT2D eigenvalue weighted by Crippen LogP contribution is 2.35. The second kappa shape index (κ2) is 5.19. The molecule has 2 heterocycles. The number of hydrogen-bond donors (Lipinski definition) is 0. The van der Waals surface area contributed by atoms with Gasteiger partial charge in [-0.3, -0.25) is 4.79 Å². The van der Waals surface area contributed by atoms with Crippen LogP contribution in [0.4, 0.5) is 0 Å². The van der Waals surface area contributed by atoms with Gasteiger partial charge in [0.05, 0.1) is 0 Å². The van der Waals surface area contributed by atoms with Crippen LogP contribution in [0.5, 0.6) is 0 Å². The number of ether oxygens (including phenoxy) is 1. The molecule has 0 aromatic heterocycles. The van der Waals surface area contributed by atoms with Crippen molar-refractivity contribution in [1.29, 1.82) is 0 Å². The summed E-state index contributed by atoms with van der Waals surface area (Å²) >= 11 is 0. The van der Waals surface area contributed by atoms with E-state index in [-0.39, 0.29) is 12.1 Å². The van der Waals surface area contributed by atoms with E-state index in [1.54, 1.807) is 0 Å². The molecule has 108 valence electrons. The van der Waals surface area contributed by atoms with Crippen molar-refractivity contribution in [2.45, 2.75) is 17.9 Å². The molecule has 4 nitrogen and oxygen atoms in total. The Morgan fingerprint density at radius 2 is 1.90 bits per heavy atom. The van der Waals surface area contributed by atoms with Gasteiger partial charge >= 0.3 is 5.97 Å². The van der Waals surface area contributed by atoms with E-state index in [1.807, 2.05) is 37.4 Å². The van der Waals surface area contributed by atoms with E-state index in [4.69, 9.17) is 4.74 Å². The lowest BCUT2D eigenvalue weighted by atomic mass is 9.74. The Labute approximate surface area is 120 Å². The van der Waals surface area contributed by atoms with E-state index >= 15 is 0 Å². The van der Waals surface area contributed by atoms with Crippen LogP contribution in [0.3, 0.4) is 0 Å². The van der Waals surface area contributed by atoms with Crippen LogP contribution < -0.4 is 0 Å². The van der Waals surface area contributed by atoms with Crippen molar-refractivity contribution in [2.24, 2.45) is 0 Å². The van der Waals surface area contributed by atoms with Crippen LogP contribution in [0.1, 0.15) is 12.0 Å². The molecule has 1 aromatic rings. The lowest BCUT2D eigenvalue weighted by Gasteiger charge is -2.47. The Kier molecular flexibility index (Phi) is 3.52. The minimum absolute atomic E-state index is 0.0536. The molecule has 20 heavy (non-hydrogen) atoms. The maximum atomic E-state index is 12.7. The zero-order chi connectivity index (χ0) is 14.2. The summed E-state index contributed by atoms with van der Waals surface area (Å²) in [5.74, 6) is -0.0536. The second-order valence-corrected chi connectivity index (χ2v) is 6.20. The summed E-state index contributed by atoms with van der Waals surface area (Å²) in [5, 5.41) is 0. The fourth-order valence-electron chi connectivity index (χ4n) is 3.32. The fraction of sp³-hybridized carbons (Fsp3) is 0.562. The molecule has 0 unspecified atom stereocenters. The first-order valence-corrected chi connectivity index (χ1v) is 7.24. The maximum absolute atomic E-state index is 12.7. The molecule has 0 amide bonds. The lowest BCUT2D eigenvalue weighted by molar-refractivity contribution is -0.162. The van der Waals surface area contributed by atoms with Gasteiger partial charge in [0.15, 0.2) is 0 Å². The van der Waals surface area contributed by atoms with Crippen LogP contribution in [-0.2, 0) is 14.9 Å². The highest BCUT2D eigenvalue weighted by Gasteiger charge is 2.51. The first-order chi connectivity index (χ1) is 9.60. The van der Waals surface area contributed by atoms with Gasteiger partial charge in [0.25, 0.3) is 0 Å². The van der Waals surface area contributed by atoms with E-state index in [2.05, 4.69) is 16.8 Å². The molecule has 2 saturated heterocycles. The second-order valence-electron chi connectivity index (χ2n) is 6.20. The molecule has 3 rings (SSSR count). The molecular weight excluding hydrogens is 252 g/mol. The van der Waals surface area contributed by atoms with Crippen molar-refractivity contribution >= 4 is 5.97 Å². The summed E-state index contributed by atoms with van der Waals surface area (Å²) in [7, 11) is 4.11. The predicted molar refractivity (Wildman–Crippen MR) is 77.6 cm³/mol. The van der Waals surface area contributed by atoms with Crippen molar-refractivity contribution in [3.05, 3.63) is 35.9 Å². The van der Waals surface area contributed by atoms with Crippen LogP contribution in [-0.4, -0.2) is 62.1 Å². The summed E-state index contributed by atoms with van der Waals surface area (Å²) in [5.41, 5.74) is 0.617. The largest absolute Gasteiger partial charge is 0.460 e. The van der Waals surface area contributed by atoms with Crippen LogP contribution in [0.15, 0.2) is 30.3 Å². The van der Waals surface area contributed by atoms with E-state index in [1.165, 1.54) is 0 Å². The molecule has 0 spiro atoms. The standard InChI is InChI=1S/C16H22N2O2/c1-17-9-8-14(10-17)20-15(19)16(11-18(2)12-16)13-6-4-3-5-7-13/h3-7,14H,8-12H2,1-2H3/t14-/m1/s1. The number of hydrogen-bond acceptors (Lipinski definition) is 4. The summed E-state index contributed by atoms with van der Waals surface area (Å²) in [6.07, 6.45) is 1.00. The Morgan fingerprint density at radius 1 is 1.20 bits per heavy atom. The van der Waals surface area contributed by atoms with E-state index in [0.717, 1.165) is 38.2 Å². The average Bonchev–Trinajstić information content (AvgIpc) is 2.81. The van der Waals surface area contributed by atoms with Gasteiger partial charge in [-0.25, -0.2) is 0 Å². The van der Waals surface area contributed by atoms with Gasteiger partial charge in [-0.15, -0.1) is 0 Å². The van der Waals surface area contributed by atoms with E-state index in [9.17, 15) is 4.79 Å². The Balaban J connectivity index is 1.76. The Hall–Kier alpha value is -1.39. The number of esters is 1. The van der Waals surface area contributed by atoms with Crippen molar-refractivity contribution in [3.63, 3.8) is 0 Å². The molecule has 0 saturated carbocycles. The number of rotatable bonds is 3. The average molecular weight is 274 g/mol. The van der Waals surface area contributed by atoms with Gasteiger partial charge in [-0.05, 0) is 26.1 Å². The summed E-state index contributed by atoms with van der Waals surface area (Å²) in [6.45, 7) is 3.36. The topological polar surface area (TPSA) is 32.8 Å². The zero-order valence-corrected chi connectivity index (χ0v) is 12.2. The highest BCUT2D eigenvalue weighted by molar-refractivity contribution is 5.85. The Morgan fingerprint density at radius 3 is 2.45 bits per heavy atom. The summed E-state index contributed by atoms with van der Waals surface area (Å²) in [6, 6.07) is 10.0. The monoisotopic (exact) mass is 274 g/mol. The van der Waals surface area contributed by atoms with Gasteiger partial charge < -0.3 is 14.5 Å². The molecule has 0 bridgehead atoms. The third-order valence-corrected chi connectivity index (χ3v) is 4.42. The van der Waals surface area contributed by atoms with Crippen LogP contribution in [0, 0.1) is 0 Å². The smallest absolute Gasteiger partial charge is 0.319 e. The third-order valence-electron chi connectivity index (χ3n) is 4.42. The number of likely N-dealkylation sites (N-methyl/N-ethyl adjacent to an activating group) is 2. The maximum Gasteiger partial charge on any atom is 0.319 e. The molecular formula is C16H22N2O2. The van der Waals surface area contributed by atoms with Gasteiger partial charge in [0.1, 0.15) is 11.5 Å². The normalized spacial score (nSPS) is 26.2. The number of benzene rings is 1. The quantitative estimate of drug-likeness (QED) is 0.773. The first-order valence-electron chi connectivity index (χ1n) is 7.24. The molecule has 1 aromatic carbocycles. The molecule has 1 atom stereocenters. The van der Waals surface area contributed by atoms with Crippen LogP contribution >= 0.6 is 0 Å². The molecule has 4 heteroatoms. The molecule has 0 radical (unpaired) electrons. The van der Waals surface area contributed by atoms with Crippen molar-refractivity contribution < 1.29 is 9.53 Å². The fourth-order valence-corrected chi connectivity index (χ4v) is 3.32. The first kappa shape index (κ1) is 13.6. The molecule has 0 N–H and O–H groups in total. The van der Waals surface area contributed by atoms with Crippen molar-refractivity contribution in [3.8, 4) is 0 Å². The summed E-state index contributed by atoms with van der Waals surface area (Å²) < 4.78 is 5.78. The summed E-state index contributed by atoms with van der Waals surface area (Å²) in [4.78, 5) is 17.1. The highest BCUT2D eigenvalue weighted by atomic mass is 16.5. The van der Waals surface area contributed by atoms with Crippen LogP contribution in [0.25, 0.3) is 0 Å². The van der Waals surface area contributed by atoms with E-state index in [0.29, 0.717) is 0 Å². The minimum Gasteiger partial charge on any atom is -0.460 e. The van der Waals surface area contributed by atoms with Crippen LogP contribution in [0.2, 0.25) is 0 Å². The minimum atomic E-state index is -0.461. The third kappa shape index (κ3) is 2.34. The van der Waals surface area contributed by atoms with Gasteiger partial charge in [0.2, 0.25) is 0 Å². The Bertz CT molecular complexity index is 483.